The van der Waals surface area contributed by atoms with E-state index in [1.807, 2.05) is 0 Å². The van der Waals surface area contributed by atoms with Crippen molar-refractivity contribution in [2.24, 2.45) is 0 Å². The minimum atomic E-state index is 0.694. The molecule has 1 aliphatic heterocycles. The van der Waals surface area contributed by atoms with E-state index in [1.54, 1.807) is 0 Å². The van der Waals surface area contributed by atoms with Crippen LogP contribution in [-0.4, -0.2) is 13.9 Å². The molecule has 0 bridgehead atoms. The Morgan fingerprint density at radius 1 is 1.33 bits per heavy atom. The van der Waals surface area contributed by atoms with Crippen molar-refractivity contribution in [1.82, 2.24) is 5.32 Å². The lowest BCUT2D eigenvalue weighted by Gasteiger charge is -2.24. The molecule has 1 atom stereocenters. The number of hydrogen-bond donors (Lipinski definition) is 1. The molecule has 0 amide bonds. The van der Waals surface area contributed by atoms with Gasteiger partial charge >= 0.3 is 0 Å². The Balaban J connectivity index is 2.23. The van der Waals surface area contributed by atoms with Crippen molar-refractivity contribution in [2.75, 3.05) is 0 Å². The van der Waals surface area contributed by atoms with Gasteiger partial charge in [0, 0.05) is 12.6 Å². The average molecular weight is 159 g/mol. The molecule has 1 aliphatic rings. The van der Waals surface area contributed by atoms with Gasteiger partial charge in [0.15, 0.2) is 0 Å². The quantitative estimate of drug-likeness (QED) is 0.596. The normalized spacial score (nSPS) is 21.8. The molecule has 2 rings (SSSR count). The van der Waals surface area contributed by atoms with E-state index in [9.17, 15) is 0 Å². The third-order valence-electron chi connectivity index (χ3n) is 2.66. The molecule has 0 radical (unpaired) electrons. The van der Waals surface area contributed by atoms with Gasteiger partial charge in [-0.3, -0.25) is 0 Å². The monoisotopic (exact) mass is 159 g/mol. The zero-order valence-corrected chi connectivity index (χ0v) is 7.51. The van der Waals surface area contributed by atoms with E-state index in [0.29, 0.717) is 6.04 Å². The molecule has 1 aromatic rings. The van der Waals surface area contributed by atoms with E-state index >= 15 is 0 Å². The number of hydrogen-bond acceptors (Lipinski definition) is 1. The highest BCUT2D eigenvalue weighted by molar-refractivity contribution is 6.09. The molecule has 1 aromatic carbocycles. The molecule has 1 N–H and O–H groups in total. The number of nitrogens with one attached hydrogen (secondary N) is 1. The lowest BCUT2D eigenvalue weighted by atomic mass is 9.88. The first-order chi connectivity index (χ1) is 5.90. The van der Waals surface area contributed by atoms with Crippen LogP contribution in [0.5, 0.6) is 0 Å². The number of fused-ring (bicyclic) bond motifs is 1. The molecule has 0 aromatic heterocycles. The zero-order chi connectivity index (χ0) is 8.39. The topological polar surface area (TPSA) is 12.0 Å². The molecule has 62 valence electrons. The highest BCUT2D eigenvalue weighted by Gasteiger charge is 2.14. The minimum Gasteiger partial charge on any atom is -0.310 e. The smallest absolute Gasteiger partial charge is 0.103 e. The summed E-state index contributed by atoms with van der Waals surface area (Å²) in [6, 6.07) is 9.41. The first-order valence-electron chi connectivity index (χ1n) is 4.70. The summed E-state index contributed by atoms with van der Waals surface area (Å²) >= 11 is 0. The summed E-state index contributed by atoms with van der Waals surface area (Å²) in [6.07, 6.45) is 2.43. The second-order valence-electron chi connectivity index (χ2n) is 3.46. The predicted molar refractivity (Wildman–Crippen MR) is 54.1 cm³/mol. The van der Waals surface area contributed by atoms with E-state index in [0.717, 1.165) is 6.54 Å². The van der Waals surface area contributed by atoms with E-state index in [-0.39, 0.29) is 0 Å². The Morgan fingerprint density at radius 3 is 2.83 bits per heavy atom. The zero-order valence-electron chi connectivity index (χ0n) is 7.51. The van der Waals surface area contributed by atoms with Gasteiger partial charge in [0.25, 0.3) is 0 Å². The molecule has 2 heteroatoms. The molecule has 0 saturated heterocycles. The van der Waals surface area contributed by atoms with Crippen LogP contribution >= 0.6 is 0 Å². The summed E-state index contributed by atoms with van der Waals surface area (Å²) < 4.78 is 0. The maximum absolute atomic E-state index is 3.52. The molecule has 0 aliphatic carbocycles. The summed E-state index contributed by atoms with van der Waals surface area (Å²) in [5.74, 6) is 0. The van der Waals surface area contributed by atoms with Crippen LogP contribution in [0.3, 0.4) is 0 Å². The maximum Gasteiger partial charge on any atom is 0.103 e. The van der Waals surface area contributed by atoms with Gasteiger partial charge < -0.3 is 5.32 Å². The van der Waals surface area contributed by atoms with Crippen molar-refractivity contribution >= 4 is 7.85 Å². The maximum atomic E-state index is 3.52. The van der Waals surface area contributed by atoms with Crippen LogP contribution < -0.4 is 5.32 Å². The standard InChI is InChI=1S/C10H14BN/c11-6-10-5-8-3-1-2-4-9(8)7-12-10/h1-4,10,12H,5-7,11H2. The summed E-state index contributed by atoms with van der Waals surface area (Å²) in [5, 5.41) is 3.52. The summed E-state index contributed by atoms with van der Waals surface area (Å²) in [5.41, 5.74) is 3.00. The van der Waals surface area contributed by atoms with Crippen molar-refractivity contribution in [2.45, 2.75) is 25.3 Å². The van der Waals surface area contributed by atoms with Crippen molar-refractivity contribution in [3.05, 3.63) is 35.4 Å². The Labute approximate surface area is 74.6 Å². The molecule has 0 fully saturated rings. The molecular weight excluding hydrogens is 145 g/mol. The van der Waals surface area contributed by atoms with Crippen LogP contribution in [0.2, 0.25) is 6.32 Å². The summed E-state index contributed by atoms with van der Waals surface area (Å²) in [7, 11) is 2.24. The van der Waals surface area contributed by atoms with Crippen LogP contribution in [0, 0.1) is 0 Å². The SMILES string of the molecule is BCC1Cc2ccccc2CN1. The minimum absolute atomic E-state index is 0.694. The average Bonchev–Trinajstić information content (AvgIpc) is 2.17. The van der Waals surface area contributed by atoms with Crippen molar-refractivity contribution in [3.8, 4) is 0 Å². The van der Waals surface area contributed by atoms with E-state index in [4.69, 9.17) is 0 Å². The van der Waals surface area contributed by atoms with Gasteiger partial charge in [-0.15, -0.1) is 0 Å². The molecule has 0 spiro atoms. The van der Waals surface area contributed by atoms with Crippen LogP contribution in [-0.2, 0) is 13.0 Å². The van der Waals surface area contributed by atoms with Crippen LogP contribution in [0.15, 0.2) is 24.3 Å². The van der Waals surface area contributed by atoms with Gasteiger partial charge in [0.05, 0.1) is 0 Å². The molecule has 1 heterocycles. The Morgan fingerprint density at radius 2 is 2.08 bits per heavy atom. The number of rotatable bonds is 1. The predicted octanol–water partition coefficient (Wildman–Crippen LogP) is 0.752. The fraction of sp³-hybridized carbons (Fsp3) is 0.400. The second kappa shape index (κ2) is 3.32. The lowest BCUT2D eigenvalue weighted by Crippen LogP contribution is -2.34. The largest absolute Gasteiger partial charge is 0.310 e. The van der Waals surface area contributed by atoms with Gasteiger partial charge in [-0.2, -0.15) is 0 Å². The highest BCUT2D eigenvalue weighted by Crippen LogP contribution is 2.16. The van der Waals surface area contributed by atoms with Gasteiger partial charge in [-0.1, -0.05) is 30.6 Å². The third kappa shape index (κ3) is 1.39. The van der Waals surface area contributed by atoms with Gasteiger partial charge in [0.2, 0.25) is 0 Å². The van der Waals surface area contributed by atoms with E-state index in [1.165, 1.54) is 23.9 Å². The van der Waals surface area contributed by atoms with Crippen molar-refractivity contribution < 1.29 is 0 Å². The second-order valence-corrected chi connectivity index (χ2v) is 3.46. The molecular formula is C10H14BN. The third-order valence-corrected chi connectivity index (χ3v) is 2.66. The molecule has 12 heavy (non-hydrogen) atoms. The Bertz CT molecular complexity index is 272. The van der Waals surface area contributed by atoms with Crippen LogP contribution in [0.1, 0.15) is 11.1 Å². The Hall–Kier alpha value is -0.755. The van der Waals surface area contributed by atoms with Gasteiger partial charge in [-0.25, -0.2) is 0 Å². The first-order valence-corrected chi connectivity index (χ1v) is 4.70. The highest BCUT2D eigenvalue weighted by atomic mass is 14.9. The fourth-order valence-corrected chi connectivity index (χ4v) is 1.81. The lowest BCUT2D eigenvalue weighted by molar-refractivity contribution is 0.513. The van der Waals surface area contributed by atoms with Crippen LogP contribution in [0.4, 0.5) is 0 Å². The summed E-state index contributed by atoms with van der Waals surface area (Å²) in [4.78, 5) is 0. The fourth-order valence-electron chi connectivity index (χ4n) is 1.81. The van der Waals surface area contributed by atoms with Crippen LogP contribution in [0.25, 0.3) is 0 Å². The molecule has 1 nitrogen and oxygen atoms in total. The van der Waals surface area contributed by atoms with Crippen molar-refractivity contribution in [1.29, 1.82) is 0 Å². The first kappa shape index (κ1) is 7.87. The van der Waals surface area contributed by atoms with E-state index in [2.05, 4.69) is 37.4 Å². The summed E-state index contributed by atoms with van der Waals surface area (Å²) in [6.45, 7) is 1.05. The number of benzene rings is 1. The van der Waals surface area contributed by atoms with Crippen molar-refractivity contribution in [3.63, 3.8) is 0 Å². The van der Waals surface area contributed by atoms with Gasteiger partial charge in [0.1, 0.15) is 7.85 Å². The molecule has 1 unspecified atom stereocenters. The molecule has 0 saturated carbocycles. The van der Waals surface area contributed by atoms with Gasteiger partial charge in [-0.05, 0) is 17.5 Å². The van der Waals surface area contributed by atoms with E-state index < -0.39 is 0 Å². The Kier molecular flexibility index (Phi) is 2.18.